The molecule has 3 rings (SSSR count). The second-order valence-corrected chi connectivity index (χ2v) is 6.44. The summed E-state index contributed by atoms with van der Waals surface area (Å²) in [7, 11) is 0. The molecule has 1 amide bonds. The molecule has 0 unspecified atom stereocenters. The minimum Gasteiger partial charge on any atom is -0.396 e. The molecule has 0 spiro atoms. The molecular formula is C17H24N2O2. The lowest BCUT2D eigenvalue weighted by molar-refractivity contribution is -0.122. The van der Waals surface area contributed by atoms with Crippen LogP contribution < -0.4 is 5.32 Å². The molecule has 1 aromatic rings. The summed E-state index contributed by atoms with van der Waals surface area (Å²) in [6.45, 7) is 2.70. The molecule has 1 aliphatic carbocycles. The van der Waals surface area contributed by atoms with Crippen molar-refractivity contribution in [1.82, 2.24) is 10.2 Å². The smallest absolute Gasteiger partial charge is 0.220 e. The number of hydrogen-bond acceptors (Lipinski definition) is 3. The van der Waals surface area contributed by atoms with Gasteiger partial charge >= 0.3 is 0 Å². The maximum atomic E-state index is 12.0. The van der Waals surface area contributed by atoms with Gasteiger partial charge in [0.2, 0.25) is 5.91 Å². The number of rotatable bonds is 6. The highest BCUT2D eigenvalue weighted by Gasteiger charge is 2.34. The van der Waals surface area contributed by atoms with Crippen LogP contribution in [0.1, 0.15) is 24.8 Å². The Morgan fingerprint density at radius 1 is 1.24 bits per heavy atom. The van der Waals surface area contributed by atoms with E-state index in [0.717, 1.165) is 19.6 Å². The predicted octanol–water partition coefficient (Wildman–Crippen LogP) is 1.40. The Morgan fingerprint density at radius 3 is 2.67 bits per heavy atom. The number of nitrogens with one attached hydrogen (secondary N) is 1. The highest BCUT2D eigenvalue weighted by molar-refractivity contribution is 5.76. The fraction of sp³-hybridized carbons (Fsp3) is 0.588. The quantitative estimate of drug-likeness (QED) is 0.832. The van der Waals surface area contributed by atoms with Crippen molar-refractivity contribution in [1.29, 1.82) is 0 Å². The maximum Gasteiger partial charge on any atom is 0.220 e. The number of carbonyl (C=O) groups is 1. The van der Waals surface area contributed by atoms with Crippen molar-refractivity contribution in [3.05, 3.63) is 35.9 Å². The molecule has 4 heteroatoms. The maximum absolute atomic E-state index is 12.0. The van der Waals surface area contributed by atoms with Crippen molar-refractivity contribution < 1.29 is 9.90 Å². The summed E-state index contributed by atoms with van der Waals surface area (Å²) >= 11 is 0. The molecule has 2 fully saturated rings. The summed E-state index contributed by atoms with van der Waals surface area (Å²) in [6.07, 6.45) is 3.05. The van der Waals surface area contributed by atoms with Crippen molar-refractivity contribution >= 4 is 5.91 Å². The van der Waals surface area contributed by atoms with Crippen LogP contribution in [-0.2, 0) is 11.3 Å². The third-order valence-corrected chi connectivity index (χ3v) is 4.52. The van der Waals surface area contributed by atoms with E-state index in [4.69, 9.17) is 0 Å². The van der Waals surface area contributed by atoms with Crippen LogP contribution in [0.3, 0.4) is 0 Å². The molecule has 21 heavy (non-hydrogen) atoms. The molecule has 2 aliphatic rings. The summed E-state index contributed by atoms with van der Waals surface area (Å²) in [6, 6.07) is 10.4. The van der Waals surface area contributed by atoms with E-state index >= 15 is 0 Å². The molecule has 1 saturated carbocycles. The Balaban J connectivity index is 1.53. The molecule has 0 aromatic heterocycles. The van der Waals surface area contributed by atoms with Gasteiger partial charge in [-0.1, -0.05) is 30.3 Å². The van der Waals surface area contributed by atoms with Crippen molar-refractivity contribution in [3.63, 3.8) is 0 Å². The van der Waals surface area contributed by atoms with Gasteiger partial charge in [-0.05, 0) is 24.3 Å². The van der Waals surface area contributed by atoms with Gasteiger partial charge in [0.1, 0.15) is 0 Å². The Morgan fingerprint density at radius 2 is 2.00 bits per heavy atom. The average Bonchev–Trinajstić information content (AvgIpc) is 3.21. The van der Waals surface area contributed by atoms with Gasteiger partial charge in [0, 0.05) is 44.6 Å². The number of nitrogens with zero attached hydrogens (tertiary/aromatic N) is 1. The molecule has 2 atom stereocenters. The van der Waals surface area contributed by atoms with E-state index in [-0.39, 0.29) is 24.5 Å². The van der Waals surface area contributed by atoms with Gasteiger partial charge in [0.15, 0.2) is 0 Å². The average molecular weight is 288 g/mol. The molecule has 0 bridgehead atoms. The molecule has 1 heterocycles. The Kier molecular flexibility index (Phi) is 4.56. The summed E-state index contributed by atoms with van der Waals surface area (Å²) in [5.74, 6) is 0.916. The van der Waals surface area contributed by atoms with Crippen molar-refractivity contribution in [3.8, 4) is 0 Å². The van der Waals surface area contributed by atoms with E-state index in [0.29, 0.717) is 12.3 Å². The fourth-order valence-corrected chi connectivity index (χ4v) is 3.13. The highest BCUT2D eigenvalue weighted by atomic mass is 16.3. The number of aliphatic hydroxyl groups is 1. The number of carbonyl (C=O) groups excluding carboxylic acids is 1. The lowest BCUT2D eigenvalue weighted by atomic mass is 10.0. The van der Waals surface area contributed by atoms with Gasteiger partial charge in [0.05, 0.1) is 0 Å². The Hall–Kier alpha value is -1.39. The van der Waals surface area contributed by atoms with Gasteiger partial charge < -0.3 is 10.4 Å². The molecule has 1 aliphatic heterocycles. The van der Waals surface area contributed by atoms with E-state index in [9.17, 15) is 9.90 Å². The first-order chi connectivity index (χ1) is 10.2. The van der Waals surface area contributed by atoms with Crippen LogP contribution in [0.2, 0.25) is 0 Å². The van der Waals surface area contributed by atoms with Gasteiger partial charge in [-0.15, -0.1) is 0 Å². The first kappa shape index (κ1) is 14.5. The van der Waals surface area contributed by atoms with Crippen LogP contribution in [0, 0.1) is 11.8 Å². The van der Waals surface area contributed by atoms with E-state index in [2.05, 4.69) is 22.3 Å². The van der Waals surface area contributed by atoms with Gasteiger partial charge in [0.25, 0.3) is 0 Å². The number of likely N-dealkylation sites (tertiary alicyclic amines) is 1. The molecule has 114 valence electrons. The van der Waals surface area contributed by atoms with Crippen LogP contribution in [-0.4, -0.2) is 41.7 Å². The van der Waals surface area contributed by atoms with Crippen LogP contribution in [0.5, 0.6) is 0 Å². The first-order valence-electron chi connectivity index (χ1n) is 7.91. The second kappa shape index (κ2) is 6.58. The third-order valence-electron chi connectivity index (χ3n) is 4.52. The van der Waals surface area contributed by atoms with E-state index in [1.54, 1.807) is 0 Å². The van der Waals surface area contributed by atoms with E-state index in [1.807, 2.05) is 18.2 Å². The van der Waals surface area contributed by atoms with Gasteiger partial charge in [-0.3, -0.25) is 9.69 Å². The van der Waals surface area contributed by atoms with Crippen molar-refractivity contribution in [2.75, 3.05) is 19.7 Å². The van der Waals surface area contributed by atoms with Crippen LogP contribution in [0.25, 0.3) is 0 Å². The minimum absolute atomic E-state index is 0.0879. The molecule has 2 N–H and O–H groups in total. The molecular weight excluding hydrogens is 264 g/mol. The zero-order valence-corrected chi connectivity index (χ0v) is 12.4. The van der Waals surface area contributed by atoms with Crippen LogP contribution in [0.4, 0.5) is 0 Å². The molecule has 1 saturated heterocycles. The van der Waals surface area contributed by atoms with E-state index in [1.165, 1.54) is 18.4 Å². The summed E-state index contributed by atoms with van der Waals surface area (Å²) in [5, 5.41) is 12.7. The molecule has 1 aromatic carbocycles. The normalized spacial score (nSPS) is 26.0. The minimum atomic E-state index is 0.0879. The summed E-state index contributed by atoms with van der Waals surface area (Å²) in [5.41, 5.74) is 1.28. The zero-order valence-electron chi connectivity index (χ0n) is 12.4. The van der Waals surface area contributed by atoms with E-state index < -0.39 is 0 Å². The number of aliphatic hydroxyl groups excluding tert-OH is 1. The largest absolute Gasteiger partial charge is 0.396 e. The molecule has 4 nitrogen and oxygen atoms in total. The lowest BCUT2D eigenvalue weighted by Gasteiger charge is -2.18. The first-order valence-corrected chi connectivity index (χ1v) is 7.91. The monoisotopic (exact) mass is 288 g/mol. The zero-order chi connectivity index (χ0) is 14.7. The lowest BCUT2D eigenvalue weighted by Crippen LogP contribution is -2.41. The summed E-state index contributed by atoms with van der Waals surface area (Å²) < 4.78 is 0. The van der Waals surface area contributed by atoms with Crippen molar-refractivity contribution in [2.45, 2.75) is 31.8 Å². The van der Waals surface area contributed by atoms with Crippen LogP contribution >= 0.6 is 0 Å². The summed E-state index contributed by atoms with van der Waals surface area (Å²) in [4.78, 5) is 14.3. The number of hydrogen-bond donors (Lipinski definition) is 2. The number of benzene rings is 1. The third kappa shape index (κ3) is 4.05. The number of amides is 1. The van der Waals surface area contributed by atoms with Crippen LogP contribution in [0.15, 0.2) is 30.3 Å². The predicted molar refractivity (Wildman–Crippen MR) is 81.6 cm³/mol. The van der Waals surface area contributed by atoms with Crippen molar-refractivity contribution in [2.24, 2.45) is 11.8 Å². The topological polar surface area (TPSA) is 52.6 Å². The fourth-order valence-electron chi connectivity index (χ4n) is 3.13. The van der Waals surface area contributed by atoms with Gasteiger partial charge in [-0.25, -0.2) is 0 Å². The standard InChI is InChI=1S/C17H24N2O2/c20-12-15-10-19(9-14-4-2-1-3-5-14)11-16(15)18-17(21)8-13-6-7-13/h1-5,13,15-16,20H,6-12H2,(H,18,21)/t15-,16+/m0/s1. The Labute approximate surface area is 126 Å². The highest BCUT2D eigenvalue weighted by Crippen LogP contribution is 2.32. The Bertz CT molecular complexity index is 473. The second-order valence-electron chi connectivity index (χ2n) is 6.44. The molecule has 0 radical (unpaired) electrons. The SMILES string of the molecule is O=C(CC1CC1)N[C@@H]1CN(Cc2ccccc2)C[C@H]1CO. The van der Waals surface area contributed by atoms with Gasteiger partial charge in [-0.2, -0.15) is 0 Å².